The lowest BCUT2D eigenvalue weighted by Crippen LogP contribution is -2.44. The van der Waals surface area contributed by atoms with Crippen LogP contribution in [0.1, 0.15) is 30.1 Å². The average Bonchev–Trinajstić information content (AvgIpc) is 2.42. The molecule has 8 nitrogen and oxygen atoms in total. The number of amides is 2. The maximum atomic E-state index is 12.0. The molecule has 0 aromatic heterocycles. The minimum atomic E-state index is -0.999. The van der Waals surface area contributed by atoms with Gasteiger partial charge < -0.3 is 15.8 Å². The van der Waals surface area contributed by atoms with Gasteiger partial charge in [-0.2, -0.15) is 0 Å². The molecule has 2 amide bonds. The van der Waals surface area contributed by atoms with Gasteiger partial charge in [-0.3, -0.25) is 19.7 Å². The second-order valence-corrected chi connectivity index (χ2v) is 4.48. The van der Waals surface area contributed by atoms with Crippen LogP contribution in [-0.2, 0) is 9.59 Å². The Morgan fingerprint density at radius 3 is 2.57 bits per heavy atom. The van der Waals surface area contributed by atoms with Crippen molar-refractivity contribution in [3.8, 4) is 0 Å². The first-order valence-electron chi connectivity index (χ1n) is 6.15. The van der Waals surface area contributed by atoms with E-state index in [1.807, 2.05) is 0 Å². The molecule has 1 aromatic carbocycles. The molecule has 0 aliphatic heterocycles. The number of nitrogens with one attached hydrogen (secondary N) is 1. The highest BCUT2D eigenvalue weighted by atomic mass is 16.6. The summed E-state index contributed by atoms with van der Waals surface area (Å²) in [6.07, 6.45) is 0.189. The summed E-state index contributed by atoms with van der Waals surface area (Å²) in [6, 6.07) is 4.09. The Balaban J connectivity index is 2.82. The van der Waals surface area contributed by atoms with Gasteiger partial charge in [0.15, 0.2) is 0 Å². The van der Waals surface area contributed by atoms with Crippen LogP contribution in [0.3, 0.4) is 0 Å². The average molecular weight is 293 g/mol. The van der Waals surface area contributed by atoms with Gasteiger partial charge in [0.25, 0.3) is 11.6 Å². The number of benzene rings is 1. The minimum absolute atomic E-state index is 0.0401. The van der Waals surface area contributed by atoms with E-state index in [1.165, 1.54) is 25.1 Å². The molecule has 1 atom stereocenters. The molecule has 0 aliphatic rings. The molecule has 0 fully saturated rings. The van der Waals surface area contributed by atoms with Crippen LogP contribution in [0.5, 0.6) is 0 Å². The molecule has 0 spiro atoms. The number of hydrogen-bond acceptors (Lipinski definition) is 5. The van der Waals surface area contributed by atoms with Crippen molar-refractivity contribution in [3.05, 3.63) is 39.9 Å². The number of nitro groups is 1. The molecule has 21 heavy (non-hydrogen) atoms. The van der Waals surface area contributed by atoms with E-state index in [2.05, 4.69) is 5.32 Å². The summed E-state index contributed by atoms with van der Waals surface area (Å²) in [6.45, 7) is 1.36. The van der Waals surface area contributed by atoms with Crippen molar-refractivity contribution in [1.29, 1.82) is 0 Å². The molecule has 3 N–H and O–H groups in total. The molecule has 112 valence electrons. The van der Waals surface area contributed by atoms with Gasteiger partial charge in [0.05, 0.1) is 4.92 Å². The molecule has 0 heterocycles. The van der Waals surface area contributed by atoms with Crippen molar-refractivity contribution in [2.45, 2.75) is 25.8 Å². The van der Waals surface area contributed by atoms with Crippen LogP contribution in [0.25, 0.3) is 0 Å². The summed E-state index contributed by atoms with van der Waals surface area (Å²) >= 11 is 0. The Morgan fingerprint density at radius 2 is 2.05 bits per heavy atom. The van der Waals surface area contributed by atoms with Gasteiger partial charge in [-0.25, -0.2) is 0 Å². The topological polar surface area (TPSA) is 132 Å². The molecule has 0 saturated carbocycles. The number of ketones is 1. The van der Waals surface area contributed by atoms with Crippen LogP contribution in [0, 0.1) is 10.1 Å². The van der Waals surface area contributed by atoms with Crippen molar-refractivity contribution in [1.82, 2.24) is 5.32 Å². The van der Waals surface area contributed by atoms with Crippen molar-refractivity contribution < 1.29 is 19.3 Å². The smallest absolute Gasteiger partial charge is 0.270 e. The van der Waals surface area contributed by atoms with Crippen molar-refractivity contribution in [3.63, 3.8) is 0 Å². The Kier molecular flexibility index (Phi) is 5.53. The lowest BCUT2D eigenvalue weighted by Gasteiger charge is -2.14. The molecular formula is C13H15N3O5. The molecule has 0 bridgehead atoms. The number of hydrogen-bond donors (Lipinski definition) is 2. The van der Waals surface area contributed by atoms with E-state index in [9.17, 15) is 24.5 Å². The van der Waals surface area contributed by atoms with E-state index >= 15 is 0 Å². The Morgan fingerprint density at radius 1 is 1.38 bits per heavy atom. The van der Waals surface area contributed by atoms with Crippen LogP contribution in [0.2, 0.25) is 0 Å². The summed E-state index contributed by atoms with van der Waals surface area (Å²) in [5, 5.41) is 13.0. The number of nitro benzene ring substituents is 1. The minimum Gasteiger partial charge on any atom is -0.368 e. The second kappa shape index (κ2) is 7.13. The molecule has 8 heteroatoms. The maximum Gasteiger partial charge on any atom is 0.270 e. The van der Waals surface area contributed by atoms with Gasteiger partial charge in [0.2, 0.25) is 5.91 Å². The number of nitrogens with zero attached hydrogens (tertiary/aromatic N) is 1. The lowest BCUT2D eigenvalue weighted by molar-refractivity contribution is -0.384. The van der Waals surface area contributed by atoms with Crippen LogP contribution in [0.4, 0.5) is 5.69 Å². The van der Waals surface area contributed by atoms with Gasteiger partial charge in [-0.15, -0.1) is 0 Å². The largest absolute Gasteiger partial charge is 0.368 e. The predicted octanol–water partition coefficient (Wildman–Crippen LogP) is 0.548. The number of nitrogens with two attached hydrogens (primary N) is 1. The third kappa shape index (κ3) is 5.01. The van der Waals surface area contributed by atoms with Gasteiger partial charge in [-0.1, -0.05) is 6.07 Å². The van der Waals surface area contributed by atoms with Gasteiger partial charge in [-0.05, 0) is 19.4 Å². The zero-order valence-electron chi connectivity index (χ0n) is 11.4. The highest BCUT2D eigenvalue weighted by Crippen LogP contribution is 2.13. The highest BCUT2D eigenvalue weighted by molar-refractivity contribution is 5.97. The molecular weight excluding hydrogens is 278 g/mol. The molecule has 1 rings (SSSR count). The summed E-state index contributed by atoms with van der Waals surface area (Å²) in [4.78, 5) is 44.1. The first-order valence-corrected chi connectivity index (χ1v) is 6.15. The fourth-order valence-corrected chi connectivity index (χ4v) is 1.64. The van der Waals surface area contributed by atoms with E-state index in [0.29, 0.717) is 0 Å². The summed E-state index contributed by atoms with van der Waals surface area (Å²) in [5.41, 5.74) is 4.96. The Bertz CT molecular complexity index is 585. The second-order valence-electron chi connectivity index (χ2n) is 4.48. The van der Waals surface area contributed by atoms with Crippen molar-refractivity contribution in [2.24, 2.45) is 5.73 Å². The summed E-state index contributed by atoms with van der Waals surface area (Å²) in [5.74, 6) is -1.56. The number of carbonyl (C=O) groups is 3. The Hall–Kier alpha value is -2.77. The fourth-order valence-electron chi connectivity index (χ4n) is 1.64. The number of carbonyl (C=O) groups excluding carboxylic acids is 3. The monoisotopic (exact) mass is 293 g/mol. The van der Waals surface area contributed by atoms with Crippen LogP contribution in [0.15, 0.2) is 24.3 Å². The fraction of sp³-hybridized carbons (Fsp3) is 0.308. The quantitative estimate of drug-likeness (QED) is 0.559. The van der Waals surface area contributed by atoms with Crippen molar-refractivity contribution >= 4 is 23.3 Å². The normalized spacial score (nSPS) is 11.5. The highest BCUT2D eigenvalue weighted by Gasteiger charge is 2.20. The number of non-ortho nitro benzene ring substituents is 1. The van der Waals surface area contributed by atoms with Crippen LogP contribution in [-0.4, -0.2) is 28.6 Å². The third-order valence-electron chi connectivity index (χ3n) is 2.75. The molecule has 0 aliphatic carbocycles. The molecule has 0 saturated heterocycles. The van der Waals surface area contributed by atoms with E-state index in [1.54, 1.807) is 0 Å². The maximum absolute atomic E-state index is 12.0. The first-order chi connectivity index (χ1) is 9.81. The molecule has 0 unspecified atom stereocenters. The van der Waals surface area contributed by atoms with Gasteiger partial charge in [0.1, 0.15) is 11.8 Å². The Labute approximate surface area is 120 Å². The zero-order chi connectivity index (χ0) is 16.0. The zero-order valence-corrected chi connectivity index (χ0v) is 11.4. The number of rotatable bonds is 7. The summed E-state index contributed by atoms with van der Waals surface area (Å²) in [7, 11) is 0. The summed E-state index contributed by atoms with van der Waals surface area (Å²) < 4.78 is 0. The molecule has 0 radical (unpaired) electrons. The first kappa shape index (κ1) is 16.3. The standard InChI is InChI=1S/C13H15N3O5/c1-8(17)5-6-11(12(14)18)15-13(19)9-3-2-4-10(7-9)16(20)21/h2-4,7,11H,5-6H2,1H3,(H2,14,18)(H,15,19)/t11-/m1/s1. The van der Waals surface area contributed by atoms with Gasteiger partial charge >= 0.3 is 0 Å². The molecule has 1 aromatic rings. The number of primary amides is 1. The van der Waals surface area contributed by atoms with Gasteiger partial charge in [0, 0.05) is 24.1 Å². The van der Waals surface area contributed by atoms with E-state index in [4.69, 9.17) is 5.73 Å². The van der Waals surface area contributed by atoms with Crippen LogP contribution >= 0.6 is 0 Å². The predicted molar refractivity (Wildman–Crippen MR) is 73.5 cm³/mol. The SMILES string of the molecule is CC(=O)CC[C@@H](NC(=O)c1cccc([N+](=O)[O-])c1)C(N)=O. The van der Waals surface area contributed by atoms with Crippen molar-refractivity contribution in [2.75, 3.05) is 0 Å². The van der Waals surface area contributed by atoms with E-state index in [0.717, 1.165) is 6.07 Å². The lowest BCUT2D eigenvalue weighted by atomic mass is 10.1. The van der Waals surface area contributed by atoms with E-state index in [-0.39, 0.29) is 29.9 Å². The third-order valence-corrected chi connectivity index (χ3v) is 2.75. The van der Waals surface area contributed by atoms with Crippen LogP contribution < -0.4 is 11.1 Å². The number of Topliss-reactive ketones (excluding diaryl/α,β-unsaturated/α-hetero) is 1. The van der Waals surface area contributed by atoms with E-state index < -0.39 is 22.8 Å².